The van der Waals surface area contributed by atoms with Crippen molar-refractivity contribution in [3.05, 3.63) is 35.9 Å². The highest BCUT2D eigenvalue weighted by Crippen LogP contribution is 2.40. The summed E-state index contributed by atoms with van der Waals surface area (Å²) < 4.78 is 42.6. The number of amides is 1. The Morgan fingerprint density at radius 1 is 0.939 bits per heavy atom. The number of piperidine rings is 1. The van der Waals surface area contributed by atoms with Crippen LogP contribution < -0.4 is 24.4 Å². The van der Waals surface area contributed by atoms with Crippen molar-refractivity contribution < 1.29 is 27.4 Å². The minimum Gasteiger partial charge on any atom is -0.493 e. The zero-order chi connectivity index (χ0) is 24.2. The van der Waals surface area contributed by atoms with Gasteiger partial charge in [-0.1, -0.05) is 0 Å². The van der Waals surface area contributed by atoms with Gasteiger partial charge in [0.25, 0.3) is 5.91 Å². The molecule has 0 saturated carbocycles. The van der Waals surface area contributed by atoms with Crippen molar-refractivity contribution >= 4 is 27.3 Å². The highest BCUT2D eigenvalue weighted by atomic mass is 32.2. The average molecular weight is 478 g/mol. The molecular weight excluding hydrogens is 446 g/mol. The second kappa shape index (κ2) is 10.3. The van der Waals surface area contributed by atoms with E-state index in [0.717, 1.165) is 36.7 Å². The molecule has 1 aliphatic rings. The van der Waals surface area contributed by atoms with Crippen LogP contribution in [0.2, 0.25) is 0 Å². The molecule has 33 heavy (non-hydrogen) atoms. The van der Waals surface area contributed by atoms with Crippen molar-refractivity contribution in [2.24, 2.45) is 0 Å². The van der Waals surface area contributed by atoms with E-state index in [4.69, 9.17) is 14.2 Å². The number of methoxy groups -OCH3 is 3. The first-order valence-electron chi connectivity index (χ1n) is 10.7. The summed E-state index contributed by atoms with van der Waals surface area (Å²) >= 11 is 0. The van der Waals surface area contributed by atoms with Crippen LogP contribution in [0.1, 0.15) is 29.6 Å². The molecule has 2 aromatic rings. The molecule has 0 atom stereocenters. The Morgan fingerprint density at radius 2 is 1.55 bits per heavy atom. The van der Waals surface area contributed by atoms with Crippen molar-refractivity contribution in [3.8, 4) is 17.2 Å². The molecule has 0 aromatic heterocycles. The fourth-order valence-corrected chi connectivity index (χ4v) is 4.76. The van der Waals surface area contributed by atoms with Crippen LogP contribution >= 0.6 is 0 Å². The Balaban J connectivity index is 2.05. The van der Waals surface area contributed by atoms with Gasteiger partial charge in [0.05, 0.1) is 31.8 Å². The van der Waals surface area contributed by atoms with Crippen molar-refractivity contribution in [2.45, 2.75) is 24.2 Å². The van der Waals surface area contributed by atoms with E-state index in [1.807, 2.05) is 0 Å². The van der Waals surface area contributed by atoms with E-state index in [2.05, 4.69) is 10.2 Å². The molecule has 0 unspecified atom stereocenters. The number of hydrogen-bond acceptors (Lipinski definition) is 7. The third-order valence-electron chi connectivity index (χ3n) is 5.61. The highest BCUT2D eigenvalue weighted by Gasteiger charge is 2.25. The first-order chi connectivity index (χ1) is 15.7. The molecule has 1 aliphatic heterocycles. The summed E-state index contributed by atoms with van der Waals surface area (Å²) in [7, 11) is 3.70. The number of carbonyl (C=O) groups is 1. The van der Waals surface area contributed by atoms with Crippen LogP contribution in [0, 0.1) is 0 Å². The fourth-order valence-electron chi connectivity index (χ4n) is 3.83. The number of rotatable bonds is 8. The van der Waals surface area contributed by atoms with E-state index >= 15 is 0 Å². The van der Waals surface area contributed by atoms with Gasteiger partial charge in [-0.15, -0.1) is 0 Å². The Bertz CT molecular complexity index is 1090. The predicted molar refractivity (Wildman–Crippen MR) is 127 cm³/mol. The minimum absolute atomic E-state index is 0.0586. The zero-order valence-corrected chi connectivity index (χ0v) is 20.5. The Hall–Kier alpha value is -2.98. The van der Waals surface area contributed by atoms with Crippen molar-refractivity contribution in [2.75, 3.05) is 58.7 Å². The van der Waals surface area contributed by atoms with Crippen LogP contribution in [0.4, 0.5) is 11.4 Å². The lowest BCUT2D eigenvalue weighted by Crippen LogP contribution is -2.32. The number of nitrogens with one attached hydrogen (secondary N) is 1. The molecule has 0 bridgehead atoms. The maximum Gasteiger partial charge on any atom is 0.257 e. The lowest BCUT2D eigenvalue weighted by molar-refractivity contribution is 0.102. The quantitative estimate of drug-likeness (QED) is 0.624. The smallest absolute Gasteiger partial charge is 0.257 e. The molecule has 0 aliphatic carbocycles. The van der Waals surface area contributed by atoms with Gasteiger partial charge in [0.15, 0.2) is 11.5 Å². The van der Waals surface area contributed by atoms with Gasteiger partial charge < -0.3 is 24.4 Å². The molecule has 10 heteroatoms. The Labute approximate surface area is 195 Å². The van der Waals surface area contributed by atoms with E-state index in [0.29, 0.717) is 28.6 Å². The standard InChI is InChI=1S/C23H31N3O6S/c1-25(2)33(28,29)17-9-10-19(26-11-7-6-8-12-26)18(15-17)23(27)24-16-13-20(30-3)22(32-5)21(14-16)31-4/h9-10,13-15H,6-8,11-12H2,1-5H3,(H,24,27). The predicted octanol–water partition coefficient (Wildman–Crippen LogP) is 3.21. The number of anilines is 2. The summed E-state index contributed by atoms with van der Waals surface area (Å²) in [6.07, 6.45) is 3.17. The number of nitrogens with zero attached hydrogens (tertiary/aromatic N) is 2. The number of carbonyl (C=O) groups excluding carboxylic acids is 1. The summed E-state index contributed by atoms with van der Waals surface area (Å²) in [4.78, 5) is 15.6. The monoisotopic (exact) mass is 477 g/mol. The van der Waals surface area contributed by atoms with Crippen LogP contribution in [0.5, 0.6) is 17.2 Å². The molecule has 2 aromatic carbocycles. The molecule has 3 rings (SSSR count). The van der Waals surface area contributed by atoms with Gasteiger partial charge in [-0.3, -0.25) is 4.79 Å². The van der Waals surface area contributed by atoms with Gasteiger partial charge in [-0.05, 0) is 37.5 Å². The molecule has 9 nitrogen and oxygen atoms in total. The van der Waals surface area contributed by atoms with Crippen LogP contribution in [0.15, 0.2) is 35.2 Å². The minimum atomic E-state index is -3.71. The Kier molecular flexibility index (Phi) is 7.70. The third-order valence-corrected chi connectivity index (χ3v) is 7.42. The van der Waals surface area contributed by atoms with Crippen LogP contribution in [0.25, 0.3) is 0 Å². The van der Waals surface area contributed by atoms with Crippen molar-refractivity contribution in [1.29, 1.82) is 0 Å². The fraction of sp³-hybridized carbons (Fsp3) is 0.435. The number of benzene rings is 2. The van der Waals surface area contributed by atoms with Crippen LogP contribution in [-0.2, 0) is 10.0 Å². The number of sulfonamides is 1. The summed E-state index contributed by atoms with van der Waals surface area (Å²) in [5.41, 5.74) is 1.42. The normalized spacial score (nSPS) is 14.2. The van der Waals surface area contributed by atoms with E-state index in [1.165, 1.54) is 41.5 Å². The van der Waals surface area contributed by atoms with E-state index in [9.17, 15) is 13.2 Å². The topological polar surface area (TPSA) is 97.4 Å². The van der Waals surface area contributed by atoms with Crippen LogP contribution in [-0.4, -0.2) is 67.1 Å². The third kappa shape index (κ3) is 5.17. The molecule has 1 heterocycles. The first-order valence-corrected chi connectivity index (χ1v) is 12.1. The van der Waals surface area contributed by atoms with Gasteiger partial charge in [-0.25, -0.2) is 12.7 Å². The van der Waals surface area contributed by atoms with E-state index in [1.54, 1.807) is 24.3 Å². The van der Waals surface area contributed by atoms with Gasteiger partial charge in [-0.2, -0.15) is 0 Å². The first kappa shape index (κ1) is 24.7. The van der Waals surface area contributed by atoms with Crippen molar-refractivity contribution in [3.63, 3.8) is 0 Å². The molecule has 1 saturated heterocycles. The van der Waals surface area contributed by atoms with E-state index < -0.39 is 15.9 Å². The SMILES string of the molecule is COc1cc(NC(=O)c2cc(S(=O)(=O)N(C)C)ccc2N2CCCCC2)cc(OC)c1OC. The lowest BCUT2D eigenvalue weighted by atomic mass is 10.1. The molecule has 1 N–H and O–H groups in total. The van der Waals surface area contributed by atoms with Gasteiger partial charge in [0, 0.05) is 50.7 Å². The maximum atomic E-state index is 13.4. The molecule has 0 radical (unpaired) electrons. The van der Waals surface area contributed by atoms with Gasteiger partial charge in [0.2, 0.25) is 15.8 Å². The molecule has 180 valence electrons. The van der Waals surface area contributed by atoms with Gasteiger partial charge in [0.1, 0.15) is 0 Å². The van der Waals surface area contributed by atoms with E-state index in [-0.39, 0.29) is 10.5 Å². The second-order valence-electron chi connectivity index (χ2n) is 7.88. The zero-order valence-electron chi connectivity index (χ0n) is 19.7. The lowest BCUT2D eigenvalue weighted by Gasteiger charge is -2.30. The molecule has 1 amide bonds. The summed E-state index contributed by atoms with van der Waals surface area (Å²) in [5, 5.41) is 2.86. The summed E-state index contributed by atoms with van der Waals surface area (Å²) in [5.74, 6) is 0.770. The second-order valence-corrected chi connectivity index (χ2v) is 10.0. The number of ether oxygens (including phenoxy) is 3. The van der Waals surface area contributed by atoms with Gasteiger partial charge >= 0.3 is 0 Å². The average Bonchev–Trinajstić information content (AvgIpc) is 2.83. The summed E-state index contributed by atoms with van der Waals surface area (Å²) in [6.45, 7) is 1.62. The Morgan fingerprint density at radius 3 is 2.06 bits per heavy atom. The molecular formula is C23H31N3O6S. The maximum absolute atomic E-state index is 13.4. The summed E-state index contributed by atoms with van der Waals surface area (Å²) in [6, 6.07) is 7.95. The van der Waals surface area contributed by atoms with Crippen LogP contribution in [0.3, 0.4) is 0 Å². The molecule has 0 spiro atoms. The number of hydrogen-bond donors (Lipinski definition) is 1. The molecule has 1 fully saturated rings. The van der Waals surface area contributed by atoms with Crippen molar-refractivity contribution in [1.82, 2.24) is 4.31 Å². The largest absolute Gasteiger partial charge is 0.493 e. The highest BCUT2D eigenvalue weighted by molar-refractivity contribution is 7.89.